The highest BCUT2D eigenvalue weighted by Crippen LogP contribution is 2.28. The Morgan fingerprint density at radius 1 is 1.16 bits per heavy atom. The van der Waals surface area contributed by atoms with Gasteiger partial charge in [0.05, 0.1) is 11.9 Å². The zero-order chi connectivity index (χ0) is 14.0. The van der Waals surface area contributed by atoms with Gasteiger partial charge in [0.1, 0.15) is 11.4 Å². The van der Waals surface area contributed by atoms with Crippen LogP contribution in [0.2, 0.25) is 0 Å². The van der Waals surface area contributed by atoms with Crippen LogP contribution in [-0.2, 0) is 0 Å². The highest BCUT2D eigenvalue weighted by Gasteiger charge is 2.31. The summed E-state index contributed by atoms with van der Waals surface area (Å²) < 4.78 is 53.6. The van der Waals surface area contributed by atoms with Crippen molar-refractivity contribution in [2.45, 2.75) is 6.36 Å². The molecule has 0 bridgehead atoms. The predicted molar refractivity (Wildman–Crippen MR) is 60.7 cm³/mol. The van der Waals surface area contributed by atoms with E-state index in [0.29, 0.717) is 0 Å². The molecule has 2 N–H and O–H groups in total. The average molecular weight is 272 g/mol. The number of pyridine rings is 1. The fourth-order valence-electron chi connectivity index (χ4n) is 1.51. The van der Waals surface area contributed by atoms with Crippen molar-refractivity contribution < 1.29 is 22.3 Å². The van der Waals surface area contributed by atoms with Crippen molar-refractivity contribution in [3.63, 3.8) is 0 Å². The number of nitrogens with two attached hydrogens (primary N) is 1. The van der Waals surface area contributed by atoms with Gasteiger partial charge in [0.2, 0.25) is 0 Å². The Morgan fingerprint density at radius 2 is 1.89 bits per heavy atom. The molecule has 0 saturated heterocycles. The normalized spacial score (nSPS) is 11.4. The minimum atomic E-state index is -4.80. The lowest BCUT2D eigenvalue weighted by Gasteiger charge is -2.10. The second-order valence-electron chi connectivity index (χ2n) is 3.67. The number of nitrogen functional groups attached to an aromatic ring is 1. The van der Waals surface area contributed by atoms with E-state index < -0.39 is 17.9 Å². The number of anilines is 1. The fourth-order valence-corrected chi connectivity index (χ4v) is 1.51. The van der Waals surface area contributed by atoms with Crippen LogP contribution in [0.3, 0.4) is 0 Å². The summed E-state index contributed by atoms with van der Waals surface area (Å²) in [5.41, 5.74) is 5.54. The Bertz CT molecular complexity index is 599. The zero-order valence-electron chi connectivity index (χ0n) is 9.41. The molecular formula is C12H8F4N2O. The van der Waals surface area contributed by atoms with Gasteiger partial charge in [0, 0.05) is 11.6 Å². The number of hydrogen-bond acceptors (Lipinski definition) is 3. The molecule has 0 aliphatic rings. The van der Waals surface area contributed by atoms with Crippen molar-refractivity contribution in [2.24, 2.45) is 0 Å². The maximum atomic E-state index is 13.6. The number of alkyl halides is 3. The molecule has 3 nitrogen and oxygen atoms in total. The molecule has 0 saturated carbocycles. The molecule has 0 radical (unpaired) electrons. The largest absolute Gasteiger partial charge is 0.573 e. The van der Waals surface area contributed by atoms with E-state index in [1.807, 2.05) is 0 Å². The lowest BCUT2D eigenvalue weighted by Crippen LogP contribution is -2.17. The van der Waals surface area contributed by atoms with Gasteiger partial charge in [-0.1, -0.05) is 12.1 Å². The Hall–Kier alpha value is -2.31. The minimum Gasteiger partial charge on any atom is -0.406 e. The zero-order valence-corrected chi connectivity index (χ0v) is 9.41. The number of rotatable bonds is 2. The third-order valence-corrected chi connectivity index (χ3v) is 2.20. The fraction of sp³-hybridized carbons (Fsp3) is 0.0833. The quantitative estimate of drug-likeness (QED) is 0.853. The molecule has 0 spiro atoms. The van der Waals surface area contributed by atoms with E-state index >= 15 is 0 Å². The van der Waals surface area contributed by atoms with Crippen LogP contribution in [-0.4, -0.2) is 11.3 Å². The lowest BCUT2D eigenvalue weighted by atomic mass is 10.1. The van der Waals surface area contributed by atoms with Crippen molar-refractivity contribution in [1.29, 1.82) is 0 Å². The molecule has 1 aromatic heterocycles. The molecule has 0 aliphatic carbocycles. The van der Waals surface area contributed by atoms with Crippen LogP contribution in [0.15, 0.2) is 36.5 Å². The maximum Gasteiger partial charge on any atom is 0.573 e. The van der Waals surface area contributed by atoms with Crippen LogP contribution < -0.4 is 10.5 Å². The number of nitrogens with zero attached hydrogens (tertiary/aromatic N) is 1. The second kappa shape index (κ2) is 4.75. The highest BCUT2D eigenvalue weighted by atomic mass is 19.4. The molecule has 0 fully saturated rings. The third kappa shape index (κ3) is 3.34. The van der Waals surface area contributed by atoms with E-state index in [1.54, 1.807) is 0 Å². The van der Waals surface area contributed by atoms with Crippen LogP contribution in [0.25, 0.3) is 11.3 Å². The van der Waals surface area contributed by atoms with Gasteiger partial charge >= 0.3 is 6.36 Å². The first-order valence-corrected chi connectivity index (χ1v) is 5.12. The van der Waals surface area contributed by atoms with E-state index in [-0.39, 0.29) is 16.9 Å². The average Bonchev–Trinajstić information content (AvgIpc) is 2.26. The molecular weight excluding hydrogens is 264 g/mol. The number of hydrogen-bond donors (Lipinski definition) is 1. The summed E-state index contributed by atoms with van der Waals surface area (Å²) in [5, 5.41) is 0. The van der Waals surface area contributed by atoms with Gasteiger partial charge in [-0.2, -0.15) is 0 Å². The van der Waals surface area contributed by atoms with Crippen molar-refractivity contribution in [3.8, 4) is 17.0 Å². The number of aromatic nitrogens is 1. The van der Waals surface area contributed by atoms with Gasteiger partial charge in [-0.15, -0.1) is 13.2 Å². The molecule has 0 aliphatic heterocycles. The summed E-state index contributed by atoms with van der Waals surface area (Å²) >= 11 is 0. The summed E-state index contributed by atoms with van der Waals surface area (Å²) in [4.78, 5) is 3.75. The van der Waals surface area contributed by atoms with Gasteiger partial charge in [-0.3, -0.25) is 4.98 Å². The predicted octanol–water partition coefficient (Wildman–Crippen LogP) is 3.37. The molecule has 0 amide bonds. The Balaban J connectivity index is 2.38. The van der Waals surface area contributed by atoms with Crippen LogP contribution in [0, 0.1) is 5.82 Å². The molecule has 1 heterocycles. The first kappa shape index (κ1) is 13.1. The topological polar surface area (TPSA) is 48.1 Å². The van der Waals surface area contributed by atoms with Crippen molar-refractivity contribution in [2.75, 3.05) is 5.73 Å². The standard InChI is InChI=1S/C12H8F4N2O/c13-10-5-8(17)6-18-11(10)7-2-1-3-9(4-7)19-12(14,15)16/h1-6H,17H2. The van der Waals surface area contributed by atoms with E-state index in [1.165, 1.54) is 18.3 Å². The first-order valence-electron chi connectivity index (χ1n) is 5.12. The maximum absolute atomic E-state index is 13.6. The number of halogens is 4. The SMILES string of the molecule is Nc1cnc(-c2cccc(OC(F)(F)F)c2)c(F)c1. The Labute approximate surface area is 105 Å². The molecule has 7 heteroatoms. The van der Waals surface area contributed by atoms with Crippen LogP contribution >= 0.6 is 0 Å². The molecule has 1 aromatic carbocycles. The molecule has 19 heavy (non-hydrogen) atoms. The molecule has 2 rings (SSSR count). The summed E-state index contributed by atoms with van der Waals surface area (Å²) in [6, 6.07) is 5.94. The summed E-state index contributed by atoms with van der Waals surface area (Å²) in [7, 11) is 0. The Morgan fingerprint density at radius 3 is 2.53 bits per heavy atom. The summed E-state index contributed by atoms with van der Waals surface area (Å²) in [6.45, 7) is 0. The van der Waals surface area contributed by atoms with Crippen molar-refractivity contribution in [1.82, 2.24) is 4.98 Å². The van der Waals surface area contributed by atoms with Gasteiger partial charge in [0.25, 0.3) is 0 Å². The van der Waals surface area contributed by atoms with Gasteiger partial charge in [-0.25, -0.2) is 4.39 Å². The number of benzene rings is 1. The third-order valence-electron chi connectivity index (χ3n) is 2.20. The monoisotopic (exact) mass is 272 g/mol. The summed E-state index contributed by atoms with van der Waals surface area (Å²) in [6.07, 6.45) is -3.58. The van der Waals surface area contributed by atoms with E-state index in [0.717, 1.165) is 18.2 Å². The van der Waals surface area contributed by atoms with Crippen molar-refractivity contribution >= 4 is 5.69 Å². The first-order chi connectivity index (χ1) is 8.85. The van der Waals surface area contributed by atoms with Crippen LogP contribution in [0.1, 0.15) is 0 Å². The van der Waals surface area contributed by atoms with Crippen molar-refractivity contribution in [3.05, 3.63) is 42.3 Å². The molecule has 2 aromatic rings. The summed E-state index contributed by atoms with van der Waals surface area (Å²) in [5.74, 6) is -1.16. The second-order valence-corrected chi connectivity index (χ2v) is 3.67. The van der Waals surface area contributed by atoms with Gasteiger partial charge < -0.3 is 10.5 Å². The van der Waals surface area contributed by atoms with E-state index in [4.69, 9.17) is 5.73 Å². The molecule has 0 unspecified atom stereocenters. The molecule has 0 atom stereocenters. The van der Waals surface area contributed by atoms with Crippen LogP contribution in [0.4, 0.5) is 23.2 Å². The minimum absolute atomic E-state index is 0.0955. The Kier molecular flexibility index (Phi) is 3.28. The van der Waals surface area contributed by atoms with Gasteiger partial charge in [0.15, 0.2) is 5.82 Å². The van der Waals surface area contributed by atoms with E-state index in [9.17, 15) is 17.6 Å². The lowest BCUT2D eigenvalue weighted by molar-refractivity contribution is -0.274. The highest BCUT2D eigenvalue weighted by molar-refractivity contribution is 5.63. The smallest absolute Gasteiger partial charge is 0.406 e. The number of ether oxygens (including phenoxy) is 1. The van der Waals surface area contributed by atoms with Crippen LogP contribution in [0.5, 0.6) is 5.75 Å². The van der Waals surface area contributed by atoms with E-state index in [2.05, 4.69) is 9.72 Å². The molecule has 100 valence electrons. The van der Waals surface area contributed by atoms with Gasteiger partial charge in [-0.05, 0) is 12.1 Å².